The highest BCUT2D eigenvalue weighted by Crippen LogP contribution is 2.27. The molecule has 0 saturated heterocycles. The summed E-state index contributed by atoms with van der Waals surface area (Å²) in [4.78, 5) is 13.0. The molecular formula is C18H17N3OS2. The molecule has 1 heterocycles. The van der Waals surface area contributed by atoms with Crippen LogP contribution in [0.3, 0.4) is 0 Å². The number of aromatic nitrogens is 1. The van der Waals surface area contributed by atoms with Gasteiger partial charge in [-0.25, -0.2) is 0 Å². The second-order valence-electron chi connectivity index (χ2n) is 5.58. The fourth-order valence-corrected chi connectivity index (χ4v) is 3.65. The zero-order chi connectivity index (χ0) is 17.3. The smallest absolute Gasteiger partial charge is 0.269 e. The number of rotatable bonds is 3. The van der Waals surface area contributed by atoms with E-state index < -0.39 is 0 Å². The summed E-state index contributed by atoms with van der Waals surface area (Å²) in [7, 11) is 0. The number of nitrogens with zero attached hydrogens (tertiary/aromatic N) is 1. The van der Waals surface area contributed by atoms with Crippen LogP contribution >= 0.6 is 23.6 Å². The number of nitrogens with one attached hydrogen (secondary N) is 1. The monoisotopic (exact) mass is 355 g/mol. The van der Waals surface area contributed by atoms with Crippen LogP contribution in [0.25, 0.3) is 5.69 Å². The molecule has 3 aromatic rings. The normalized spacial score (nSPS) is 10.6. The van der Waals surface area contributed by atoms with Crippen LogP contribution < -0.4 is 11.1 Å². The zero-order valence-electron chi connectivity index (χ0n) is 13.4. The molecule has 2 aromatic carbocycles. The lowest BCUT2D eigenvalue weighted by Crippen LogP contribution is -2.13. The molecule has 0 aliphatic rings. The molecule has 122 valence electrons. The molecule has 4 nitrogen and oxygen atoms in total. The van der Waals surface area contributed by atoms with Crippen molar-refractivity contribution in [3.8, 4) is 5.69 Å². The number of nitrogens with two attached hydrogens (primary N) is 1. The average molecular weight is 355 g/mol. The van der Waals surface area contributed by atoms with Gasteiger partial charge in [-0.05, 0) is 55.9 Å². The summed E-state index contributed by atoms with van der Waals surface area (Å²) in [5, 5.41) is 2.86. The Kier molecular flexibility index (Phi) is 4.51. The van der Waals surface area contributed by atoms with Crippen molar-refractivity contribution in [2.45, 2.75) is 13.8 Å². The van der Waals surface area contributed by atoms with Gasteiger partial charge in [-0.1, -0.05) is 41.2 Å². The third-order valence-electron chi connectivity index (χ3n) is 3.62. The Morgan fingerprint density at radius 2 is 1.83 bits per heavy atom. The van der Waals surface area contributed by atoms with Crippen LogP contribution in [0.5, 0.6) is 0 Å². The van der Waals surface area contributed by atoms with Crippen molar-refractivity contribution in [3.63, 3.8) is 0 Å². The molecule has 0 fully saturated rings. The number of anilines is 2. The topological polar surface area (TPSA) is 60.0 Å². The predicted octanol–water partition coefficient (Wildman–Crippen LogP) is 4.72. The Morgan fingerprint density at radius 3 is 2.50 bits per heavy atom. The second-order valence-corrected chi connectivity index (χ2v) is 7.22. The van der Waals surface area contributed by atoms with Crippen molar-refractivity contribution in [2.24, 2.45) is 0 Å². The Bertz CT molecular complexity index is 955. The van der Waals surface area contributed by atoms with Gasteiger partial charge in [0.25, 0.3) is 5.91 Å². The molecule has 0 aliphatic carbocycles. The van der Waals surface area contributed by atoms with Gasteiger partial charge < -0.3 is 11.1 Å². The molecule has 0 aliphatic heterocycles. The highest BCUT2D eigenvalue weighted by molar-refractivity contribution is 7.73. The maximum absolute atomic E-state index is 12.5. The van der Waals surface area contributed by atoms with Gasteiger partial charge in [0.1, 0.15) is 10.7 Å². The van der Waals surface area contributed by atoms with Crippen LogP contribution in [-0.4, -0.2) is 10.5 Å². The standard InChI is InChI=1S/C18H17N3OS2/c1-11-6-8-13(9-7-11)20-17(22)15-16(19)21(18(23)24-15)14-5-3-4-12(2)10-14/h3-10H,19H2,1-2H3,(H,20,22). The molecule has 0 unspecified atom stereocenters. The molecule has 0 atom stereocenters. The molecule has 6 heteroatoms. The van der Waals surface area contributed by atoms with Crippen LogP contribution in [0.15, 0.2) is 48.5 Å². The van der Waals surface area contributed by atoms with E-state index in [-0.39, 0.29) is 5.91 Å². The first kappa shape index (κ1) is 16.4. The minimum atomic E-state index is -0.251. The third kappa shape index (κ3) is 3.25. The molecule has 0 radical (unpaired) electrons. The van der Waals surface area contributed by atoms with Crippen LogP contribution in [0, 0.1) is 17.8 Å². The van der Waals surface area contributed by atoms with E-state index in [2.05, 4.69) is 5.32 Å². The molecular weight excluding hydrogens is 338 g/mol. The Labute approximate surface area is 149 Å². The van der Waals surface area contributed by atoms with E-state index in [1.54, 1.807) is 4.57 Å². The minimum Gasteiger partial charge on any atom is -0.383 e. The van der Waals surface area contributed by atoms with Crippen LogP contribution in [0.1, 0.15) is 20.8 Å². The van der Waals surface area contributed by atoms with Crippen molar-refractivity contribution in [2.75, 3.05) is 11.1 Å². The fraction of sp³-hybridized carbons (Fsp3) is 0.111. The number of carbonyl (C=O) groups is 1. The number of hydrogen-bond donors (Lipinski definition) is 2. The Morgan fingerprint density at radius 1 is 1.12 bits per heavy atom. The predicted molar refractivity (Wildman–Crippen MR) is 103 cm³/mol. The molecule has 3 rings (SSSR count). The van der Waals surface area contributed by atoms with Gasteiger partial charge in [-0.3, -0.25) is 9.36 Å². The summed E-state index contributed by atoms with van der Waals surface area (Å²) >= 11 is 6.62. The van der Waals surface area contributed by atoms with Crippen molar-refractivity contribution < 1.29 is 4.79 Å². The Hall–Kier alpha value is -2.44. The Balaban J connectivity index is 1.95. The van der Waals surface area contributed by atoms with Crippen LogP contribution in [0.4, 0.5) is 11.5 Å². The van der Waals surface area contributed by atoms with Crippen molar-refractivity contribution >= 4 is 41.0 Å². The van der Waals surface area contributed by atoms with Gasteiger partial charge in [0, 0.05) is 11.4 Å². The summed E-state index contributed by atoms with van der Waals surface area (Å²) in [5.74, 6) is 0.110. The van der Waals surface area contributed by atoms with Crippen molar-refractivity contribution in [1.82, 2.24) is 4.57 Å². The summed E-state index contributed by atoms with van der Waals surface area (Å²) in [6.07, 6.45) is 0. The number of aryl methyl sites for hydroxylation is 2. The van der Waals surface area contributed by atoms with Crippen molar-refractivity contribution in [1.29, 1.82) is 0 Å². The molecule has 3 N–H and O–H groups in total. The first-order valence-electron chi connectivity index (χ1n) is 7.42. The van der Waals surface area contributed by atoms with Gasteiger partial charge in [0.2, 0.25) is 0 Å². The zero-order valence-corrected chi connectivity index (χ0v) is 15.0. The maximum atomic E-state index is 12.5. The largest absolute Gasteiger partial charge is 0.383 e. The van der Waals surface area contributed by atoms with Crippen LogP contribution in [0.2, 0.25) is 0 Å². The summed E-state index contributed by atoms with van der Waals surface area (Å²) in [6.45, 7) is 4.00. The highest BCUT2D eigenvalue weighted by Gasteiger charge is 2.18. The lowest BCUT2D eigenvalue weighted by atomic mass is 10.2. The first-order chi connectivity index (χ1) is 11.5. The lowest BCUT2D eigenvalue weighted by Gasteiger charge is -2.08. The van der Waals surface area contributed by atoms with Crippen molar-refractivity contribution in [3.05, 3.63) is 68.5 Å². The summed E-state index contributed by atoms with van der Waals surface area (Å²) in [5.41, 5.74) is 10.0. The van der Waals surface area contributed by atoms with Gasteiger partial charge in [-0.15, -0.1) is 0 Å². The van der Waals surface area contributed by atoms with E-state index in [9.17, 15) is 4.79 Å². The van der Waals surface area contributed by atoms with E-state index >= 15 is 0 Å². The SMILES string of the molecule is Cc1ccc(NC(=O)c2sc(=S)n(-c3cccc(C)c3)c2N)cc1. The molecule has 0 bridgehead atoms. The minimum absolute atomic E-state index is 0.251. The molecule has 24 heavy (non-hydrogen) atoms. The van der Waals surface area contributed by atoms with Gasteiger partial charge in [0.05, 0.1) is 0 Å². The van der Waals surface area contributed by atoms with E-state index in [1.807, 2.05) is 62.4 Å². The van der Waals surface area contributed by atoms with E-state index in [0.717, 1.165) is 22.5 Å². The molecule has 0 spiro atoms. The van der Waals surface area contributed by atoms with Gasteiger partial charge in [-0.2, -0.15) is 0 Å². The number of amides is 1. The molecule has 1 amide bonds. The number of hydrogen-bond acceptors (Lipinski definition) is 4. The lowest BCUT2D eigenvalue weighted by molar-refractivity contribution is 0.103. The van der Waals surface area contributed by atoms with E-state index in [1.165, 1.54) is 11.3 Å². The summed E-state index contributed by atoms with van der Waals surface area (Å²) in [6, 6.07) is 15.5. The van der Waals surface area contributed by atoms with Crippen LogP contribution in [-0.2, 0) is 0 Å². The second kappa shape index (κ2) is 6.59. The molecule has 1 aromatic heterocycles. The van der Waals surface area contributed by atoms with E-state index in [4.69, 9.17) is 18.0 Å². The van der Waals surface area contributed by atoms with Gasteiger partial charge in [0.15, 0.2) is 3.95 Å². The maximum Gasteiger partial charge on any atom is 0.269 e. The van der Waals surface area contributed by atoms with Gasteiger partial charge >= 0.3 is 0 Å². The number of carbonyl (C=O) groups excluding carboxylic acids is 1. The molecule has 0 saturated carbocycles. The number of thiazole rings is 1. The quantitative estimate of drug-likeness (QED) is 0.668. The number of benzene rings is 2. The third-order valence-corrected chi connectivity index (χ3v) is 5.01. The fourth-order valence-electron chi connectivity index (χ4n) is 2.38. The van der Waals surface area contributed by atoms with E-state index in [0.29, 0.717) is 14.6 Å². The number of nitrogen functional groups attached to an aromatic ring is 1. The highest BCUT2D eigenvalue weighted by atomic mass is 32.1. The first-order valence-corrected chi connectivity index (χ1v) is 8.64. The average Bonchev–Trinajstić information content (AvgIpc) is 2.84. The summed E-state index contributed by atoms with van der Waals surface area (Å²) < 4.78 is 2.28.